The molecule has 1 aliphatic heterocycles. The van der Waals surface area contributed by atoms with Gasteiger partial charge in [-0.3, -0.25) is 9.58 Å². The van der Waals surface area contributed by atoms with Crippen molar-refractivity contribution in [1.29, 1.82) is 0 Å². The fourth-order valence-electron chi connectivity index (χ4n) is 3.28. The molecule has 3 rings (SSSR count). The molecule has 0 radical (unpaired) electrons. The van der Waals surface area contributed by atoms with Gasteiger partial charge in [0.15, 0.2) is 5.96 Å². The highest BCUT2D eigenvalue weighted by Gasteiger charge is 2.20. The van der Waals surface area contributed by atoms with Crippen LogP contribution in [0.2, 0.25) is 0 Å². The molecule has 150 valence electrons. The van der Waals surface area contributed by atoms with Crippen LogP contribution >= 0.6 is 35.3 Å². The number of guanidine groups is 1. The first-order chi connectivity index (χ1) is 12.7. The minimum Gasteiger partial charge on any atom is -0.357 e. The number of nitrogens with zero attached hydrogens (tertiary/aromatic N) is 5. The van der Waals surface area contributed by atoms with Crippen LogP contribution in [0.3, 0.4) is 0 Å². The molecule has 3 heterocycles. The van der Waals surface area contributed by atoms with E-state index in [0.29, 0.717) is 12.5 Å². The van der Waals surface area contributed by atoms with Crippen molar-refractivity contribution in [1.82, 2.24) is 30.3 Å². The van der Waals surface area contributed by atoms with Crippen LogP contribution in [-0.4, -0.2) is 51.8 Å². The van der Waals surface area contributed by atoms with Gasteiger partial charge in [0.05, 0.1) is 0 Å². The van der Waals surface area contributed by atoms with Crippen LogP contribution in [0, 0.1) is 5.92 Å². The molecule has 9 heteroatoms. The molecule has 2 aromatic heterocycles. The first kappa shape index (κ1) is 22.1. The third-order valence-electron chi connectivity index (χ3n) is 4.65. The minimum atomic E-state index is 0. The molecule has 0 aromatic carbocycles. The second-order valence-electron chi connectivity index (χ2n) is 6.70. The van der Waals surface area contributed by atoms with E-state index in [1.54, 1.807) is 11.0 Å². The van der Waals surface area contributed by atoms with Crippen molar-refractivity contribution in [2.24, 2.45) is 18.0 Å². The molecule has 0 amide bonds. The van der Waals surface area contributed by atoms with Gasteiger partial charge >= 0.3 is 0 Å². The smallest absolute Gasteiger partial charge is 0.191 e. The lowest BCUT2D eigenvalue weighted by Gasteiger charge is -2.32. The summed E-state index contributed by atoms with van der Waals surface area (Å²) >= 11 is 1.85. The van der Waals surface area contributed by atoms with Crippen molar-refractivity contribution in [2.75, 3.05) is 26.2 Å². The number of aromatic nitrogens is 3. The zero-order valence-corrected chi connectivity index (χ0v) is 19.2. The number of thiophene rings is 1. The second-order valence-corrected chi connectivity index (χ2v) is 7.73. The van der Waals surface area contributed by atoms with Crippen molar-refractivity contribution < 1.29 is 0 Å². The summed E-state index contributed by atoms with van der Waals surface area (Å²) in [5, 5.41) is 13.1. The molecular formula is C18H30IN7S. The molecule has 0 spiro atoms. The molecular weight excluding hydrogens is 473 g/mol. The Labute approximate surface area is 182 Å². The molecule has 0 saturated carbocycles. The molecule has 2 aromatic rings. The average Bonchev–Trinajstić information content (AvgIpc) is 3.29. The maximum absolute atomic E-state index is 4.64. The molecule has 27 heavy (non-hydrogen) atoms. The normalized spacial score (nSPS) is 18.1. The molecule has 1 fully saturated rings. The maximum Gasteiger partial charge on any atom is 0.191 e. The van der Waals surface area contributed by atoms with Crippen molar-refractivity contribution in [3.8, 4) is 0 Å². The Morgan fingerprint density at radius 2 is 2.30 bits per heavy atom. The van der Waals surface area contributed by atoms with E-state index in [1.165, 1.54) is 24.3 Å². The lowest BCUT2D eigenvalue weighted by atomic mass is 9.98. The zero-order valence-electron chi connectivity index (χ0n) is 16.1. The summed E-state index contributed by atoms with van der Waals surface area (Å²) in [7, 11) is 1.89. The van der Waals surface area contributed by atoms with Gasteiger partial charge in [-0.25, -0.2) is 9.98 Å². The van der Waals surface area contributed by atoms with Crippen LogP contribution in [-0.2, 0) is 20.1 Å². The Morgan fingerprint density at radius 1 is 1.41 bits per heavy atom. The first-order valence-corrected chi connectivity index (χ1v) is 10.2. The average molecular weight is 503 g/mol. The number of hydrogen-bond donors (Lipinski definition) is 2. The van der Waals surface area contributed by atoms with E-state index < -0.39 is 0 Å². The van der Waals surface area contributed by atoms with Crippen LogP contribution in [0.15, 0.2) is 28.8 Å². The Hall–Kier alpha value is -1.20. The van der Waals surface area contributed by atoms with E-state index in [0.717, 1.165) is 38.0 Å². The number of nitrogens with one attached hydrogen (secondary N) is 2. The summed E-state index contributed by atoms with van der Waals surface area (Å²) in [5.41, 5.74) is 0. The number of aliphatic imine (C=N–C) groups is 1. The number of rotatable bonds is 7. The third-order valence-corrected chi connectivity index (χ3v) is 5.51. The van der Waals surface area contributed by atoms with E-state index in [2.05, 4.69) is 55.0 Å². The van der Waals surface area contributed by atoms with Gasteiger partial charge in [0.25, 0.3) is 0 Å². The molecule has 1 unspecified atom stereocenters. The van der Waals surface area contributed by atoms with E-state index >= 15 is 0 Å². The monoisotopic (exact) mass is 503 g/mol. The van der Waals surface area contributed by atoms with E-state index in [1.807, 2.05) is 18.4 Å². The number of aryl methyl sites for hydroxylation is 1. The summed E-state index contributed by atoms with van der Waals surface area (Å²) in [6.07, 6.45) is 4.11. The minimum absolute atomic E-state index is 0. The first-order valence-electron chi connectivity index (χ1n) is 9.34. The van der Waals surface area contributed by atoms with Crippen LogP contribution in [0.4, 0.5) is 0 Å². The molecule has 1 aliphatic rings. The number of likely N-dealkylation sites (tertiary alicyclic amines) is 1. The summed E-state index contributed by atoms with van der Waals surface area (Å²) in [6.45, 7) is 7.84. The fraction of sp³-hybridized carbons (Fsp3) is 0.611. The van der Waals surface area contributed by atoms with Crippen LogP contribution in [0.25, 0.3) is 0 Å². The van der Waals surface area contributed by atoms with Crippen LogP contribution in [0.5, 0.6) is 0 Å². The number of piperidine rings is 1. The van der Waals surface area contributed by atoms with Gasteiger partial charge in [-0.15, -0.1) is 35.3 Å². The zero-order chi connectivity index (χ0) is 18.2. The van der Waals surface area contributed by atoms with E-state index in [4.69, 9.17) is 0 Å². The highest BCUT2D eigenvalue weighted by atomic mass is 127. The molecule has 0 bridgehead atoms. The Kier molecular flexibility index (Phi) is 9.49. The predicted molar refractivity (Wildman–Crippen MR) is 122 cm³/mol. The SMILES string of the molecule is CCNC(=NCc1ncnn1C)NCC1CCCN(Cc2cccs2)C1.I. The van der Waals surface area contributed by atoms with E-state index in [-0.39, 0.29) is 24.0 Å². The number of hydrogen-bond acceptors (Lipinski definition) is 5. The van der Waals surface area contributed by atoms with Crippen molar-refractivity contribution in [3.63, 3.8) is 0 Å². The van der Waals surface area contributed by atoms with Gasteiger partial charge in [-0.2, -0.15) is 5.10 Å². The predicted octanol–water partition coefficient (Wildman–Crippen LogP) is 2.46. The summed E-state index contributed by atoms with van der Waals surface area (Å²) in [4.78, 5) is 12.9. The Balaban J connectivity index is 0.00000261. The molecule has 0 aliphatic carbocycles. The van der Waals surface area contributed by atoms with Crippen LogP contribution in [0.1, 0.15) is 30.5 Å². The third kappa shape index (κ3) is 7.04. The summed E-state index contributed by atoms with van der Waals surface area (Å²) < 4.78 is 1.76. The van der Waals surface area contributed by atoms with Gasteiger partial charge in [-0.05, 0) is 43.7 Å². The molecule has 1 atom stereocenters. The largest absolute Gasteiger partial charge is 0.357 e. The van der Waals surface area contributed by atoms with Crippen molar-refractivity contribution in [2.45, 2.75) is 32.9 Å². The summed E-state index contributed by atoms with van der Waals surface area (Å²) in [5.74, 6) is 2.37. The summed E-state index contributed by atoms with van der Waals surface area (Å²) in [6, 6.07) is 4.37. The van der Waals surface area contributed by atoms with Gasteiger partial charge in [0.1, 0.15) is 18.7 Å². The highest BCUT2D eigenvalue weighted by molar-refractivity contribution is 14.0. The Bertz CT molecular complexity index is 686. The van der Waals surface area contributed by atoms with Crippen molar-refractivity contribution >= 4 is 41.3 Å². The molecule has 2 N–H and O–H groups in total. The number of halogens is 1. The molecule has 1 saturated heterocycles. The standard InChI is InChI=1S/C18H29N7S.HI/c1-3-19-18(21-11-17-22-14-23-24(17)2)20-10-15-6-4-8-25(12-15)13-16-7-5-9-26-16;/h5,7,9,14-15H,3-4,6,8,10-13H2,1-2H3,(H2,19,20,21);1H. The van der Waals surface area contributed by atoms with E-state index in [9.17, 15) is 0 Å². The van der Waals surface area contributed by atoms with Gasteiger partial charge in [0, 0.05) is 38.1 Å². The second kappa shape index (κ2) is 11.6. The lowest BCUT2D eigenvalue weighted by molar-refractivity contribution is 0.169. The quantitative estimate of drug-likeness (QED) is 0.345. The Morgan fingerprint density at radius 3 is 3.00 bits per heavy atom. The molecule has 7 nitrogen and oxygen atoms in total. The highest BCUT2D eigenvalue weighted by Crippen LogP contribution is 2.19. The van der Waals surface area contributed by atoms with Gasteiger partial charge in [0.2, 0.25) is 0 Å². The van der Waals surface area contributed by atoms with Gasteiger partial charge in [-0.1, -0.05) is 6.07 Å². The van der Waals surface area contributed by atoms with Crippen molar-refractivity contribution in [3.05, 3.63) is 34.5 Å². The topological polar surface area (TPSA) is 70.4 Å². The maximum atomic E-state index is 4.64. The fourth-order valence-corrected chi connectivity index (χ4v) is 4.03. The van der Waals surface area contributed by atoms with Crippen LogP contribution < -0.4 is 10.6 Å². The van der Waals surface area contributed by atoms with Gasteiger partial charge < -0.3 is 10.6 Å². The lowest BCUT2D eigenvalue weighted by Crippen LogP contribution is -2.44.